The Morgan fingerprint density at radius 3 is 2.60 bits per heavy atom. The number of ether oxygens (including phenoxy) is 1. The van der Waals surface area contributed by atoms with Crippen LogP contribution in [-0.2, 0) is 5.92 Å². The van der Waals surface area contributed by atoms with Crippen molar-refractivity contribution >= 4 is 11.6 Å². The minimum absolute atomic E-state index is 0.0385. The van der Waals surface area contributed by atoms with Crippen LogP contribution in [0.2, 0.25) is 5.02 Å². The second-order valence-corrected chi connectivity index (χ2v) is 3.32. The van der Waals surface area contributed by atoms with Gasteiger partial charge in [0.05, 0.1) is 18.7 Å². The highest BCUT2D eigenvalue weighted by molar-refractivity contribution is 6.31. The van der Waals surface area contributed by atoms with Gasteiger partial charge in [-0.25, -0.2) is 0 Å². The zero-order valence-electron chi connectivity index (χ0n) is 7.93. The van der Waals surface area contributed by atoms with Gasteiger partial charge in [-0.3, -0.25) is 0 Å². The predicted octanol–water partition coefficient (Wildman–Crippen LogP) is 2.10. The molecule has 0 heterocycles. The third-order valence-corrected chi connectivity index (χ3v) is 2.23. The van der Waals surface area contributed by atoms with Crippen LogP contribution in [0.1, 0.15) is 5.56 Å². The fraction of sp³-hybridized carbons (Fsp3) is 0.333. The first-order chi connectivity index (χ1) is 6.92. The van der Waals surface area contributed by atoms with Crippen LogP contribution in [0.25, 0.3) is 0 Å². The second kappa shape index (κ2) is 4.20. The Balaban J connectivity index is 3.28. The molecule has 0 aliphatic carbocycles. The van der Waals surface area contributed by atoms with Crippen molar-refractivity contribution in [3.8, 4) is 11.5 Å². The molecule has 0 aliphatic heterocycles. The van der Waals surface area contributed by atoms with Crippen LogP contribution in [0.4, 0.5) is 8.78 Å². The number of benzene rings is 1. The number of nitrogens with two attached hydrogens (primary N) is 1. The molecule has 0 bridgehead atoms. The summed E-state index contributed by atoms with van der Waals surface area (Å²) in [6.07, 6.45) is 0. The largest absolute Gasteiger partial charge is 0.504 e. The van der Waals surface area contributed by atoms with E-state index < -0.39 is 23.8 Å². The minimum Gasteiger partial charge on any atom is -0.504 e. The molecule has 0 amide bonds. The van der Waals surface area contributed by atoms with E-state index in [2.05, 4.69) is 0 Å². The van der Waals surface area contributed by atoms with Crippen molar-refractivity contribution in [3.05, 3.63) is 22.7 Å². The summed E-state index contributed by atoms with van der Waals surface area (Å²) < 4.78 is 31.1. The van der Waals surface area contributed by atoms with Gasteiger partial charge in [-0.1, -0.05) is 11.6 Å². The van der Waals surface area contributed by atoms with Gasteiger partial charge in [-0.15, -0.1) is 0 Å². The molecule has 3 N–H and O–H groups in total. The number of hydrogen-bond donors (Lipinski definition) is 2. The lowest BCUT2D eigenvalue weighted by molar-refractivity contribution is 0.00581. The van der Waals surface area contributed by atoms with Crippen LogP contribution >= 0.6 is 11.6 Å². The lowest BCUT2D eigenvalue weighted by atomic mass is 10.1. The maximum absolute atomic E-state index is 13.2. The van der Waals surface area contributed by atoms with E-state index in [0.29, 0.717) is 0 Å². The Morgan fingerprint density at radius 1 is 1.53 bits per heavy atom. The van der Waals surface area contributed by atoms with Gasteiger partial charge in [0.1, 0.15) is 0 Å². The van der Waals surface area contributed by atoms with Crippen molar-refractivity contribution in [2.75, 3.05) is 13.7 Å². The van der Waals surface area contributed by atoms with Gasteiger partial charge in [-0.05, 0) is 6.07 Å². The number of phenolic OH excluding ortho intramolecular Hbond substituents is 1. The SMILES string of the molecule is COc1cc(Cl)c(C(F)(F)CN)cc1O. The smallest absolute Gasteiger partial charge is 0.286 e. The summed E-state index contributed by atoms with van der Waals surface area (Å²) in [5.74, 6) is -3.62. The number of methoxy groups -OCH3 is 1. The summed E-state index contributed by atoms with van der Waals surface area (Å²) in [6.45, 7) is -0.876. The molecule has 0 radical (unpaired) electrons. The van der Waals surface area contributed by atoms with Crippen LogP contribution in [-0.4, -0.2) is 18.8 Å². The summed E-state index contributed by atoms with van der Waals surface area (Å²) in [4.78, 5) is 0. The van der Waals surface area contributed by atoms with E-state index in [9.17, 15) is 13.9 Å². The fourth-order valence-electron chi connectivity index (χ4n) is 1.10. The molecule has 0 spiro atoms. The second-order valence-electron chi connectivity index (χ2n) is 2.91. The number of hydrogen-bond acceptors (Lipinski definition) is 3. The highest BCUT2D eigenvalue weighted by Gasteiger charge is 2.33. The molecular formula is C9H10ClF2NO2. The standard InChI is InChI=1S/C9H10ClF2NO2/c1-15-8-3-6(10)5(2-7(8)14)9(11,12)4-13/h2-3,14H,4,13H2,1H3. The third-order valence-electron chi connectivity index (χ3n) is 1.92. The quantitative estimate of drug-likeness (QED) is 0.847. The maximum Gasteiger partial charge on any atom is 0.286 e. The Morgan fingerprint density at radius 2 is 2.13 bits per heavy atom. The molecule has 1 rings (SSSR count). The molecule has 84 valence electrons. The molecule has 0 saturated carbocycles. The van der Waals surface area contributed by atoms with Gasteiger partial charge >= 0.3 is 0 Å². The summed E-state index contributed by atoms with van der Waals surface area (Å²) in [5.41, 5.74) is 4.40. The van der Waals surface area contributed by atoms with E-state index >= 15 is 0 Å². The normalized spacial score (nSPS) is 11.5. The van der Waals surface area contributed by atoms with Crippen molar-refractivity contribution in [3.63, 3.8) is 0 Å². The summed E-state index contributed by atoms with van der Waals surface area (Å²) in [6, 6.07) is 1.98. The Kier molecular flexibility index (Phi) is 3.36. The van der Waals surface area contributed by atoms with Gasteiger partial charge in [0.2, 0.25) is 0 Å². The Bertz CT molecular complexity index is 371. The Labute approximate surface area is 90.4 Å². The van der Waals surface area contributed by atoms with Crippen LogP contribution in [0, 0.1) is 0 Å². The Hall–Kier alpha value is -1.07. The first-order valence-corrected chi connectivity index (χ1v) is 4.45. The van der Waals surface area contributed by atoms with Crippen LogP contribution in [0.15, 0.2) is 12.1 Å². The molecule has 6 heteroatoms. The van der Waals surface area contributed by atoms with Crippen molar-refractivity contribution < 1.29 is 18.6 Å². The molecule has 0 saturated heterocycles. The fourth-order valence-corrected chi connectivity index (χ4v) is 1.39. The van der Waals surface area contributed by atoms with E-state index in [4.69, 9.17) is 22.1 Å². The average molecular weight is 238 g/mol. The van der Waals surface area contributed by atoms with E-state index in [-0.39, 0.29) is 10.8 Å². The molecule has 15 heavy (non-hydrogen) atoms. The van der Waals surface area contributed by atoms with Gasteiger partial charge in [0, 0.05) is 11.6 Å². The summed E-state index contributed by atoms with van der Waals surface area (Å²) in [7, 11) is 1.30. The van der Waals surface area contributed by atoms with Crippen LogP contribution < -0.4 is 10.5 Å². The van der Waals surface area contributed by atoms with E-state index in [1.807, 2.05) is 0 Å². The number of phenols is 1. The topological polar surface area (TPSA) is 55.5 Å². The van der Waals surface area contributed by atoms with Gasteiger partial charge in [0.25, 0.3) is 5.92 Å². The summed E-state index contributed by atoms with van der Waals surface area (Å²) in [5, 5.41) is 9.12. The molecule has 0 aliphatic rings. The molecule has 0 aromatic heterocycles. The van der Waals surface area contributed by atoms with E-state index in [1.54, 1.807) is 0 Å². The monoisotopic (exact) mass is 237 g/mol. The first kappa shape index (κ1) is 12.0. The molecular weight excluding hydrogens is 228 g/mol. The number of rotatable bonds is 3. The predicted molar refractivity (Wildman–Crippen MR) is 52.6 cm³/mol. The van der Waals surface area contributed by atoms with Crippen molar-refractivity contribution in [2.45, 2.75) is 5.92 Å². The lowest BCUT2D eigenvalue weighted by Crippen LogP contribution is -2.25. The average Bonchev–Trinajstić information content (AvgIpc) is 2.20. The van der Waals surface area contributed by atoms with Crippen molar-refractivity contribution in [1.29, 1.82) is 0 Å². The minimum atomic E-state index is -3.26. The highest BCUT2D eigenvalue weighted by atomic mass is 35.5. The highest BCUT2D eigenvalue weighted by Crippen LogP contribution is 2.39. The van der Waals surface area contributed by atoms with E-state index in [1.165, 1.54) is 7.11 Å². The number of alkyl halides is 2. The lowest BCUT2D eigenvalue weighted by Gasteiger charge is -2.17. The third kappa shape index (κ3) is 2.30. The molecule has 3 nitrogen and oxygen atoms in total. The summed E-state index contributed by atoms with van der Waals surface area (Å²) >= 11 is 5.62. The van der Waals surface area contributed by atoms with E-state index in [0.717, 1.165) is 12.1 Å². The van der Waals surface area contributed by atoms with Crippen LogP contribution in [0.5, 0.6) is 11.5 Å². The maximum atomic E-state index is 13.2. The molecule has 0 unspecified atom stereocenters. The molecule has 0 fully saturated rings. The zero-order valence-corrected chi connectivity index (χ0v) is 8.68. The number of aromatic hydroxyl groups is 1. The number of halogens is 3. The van der Waals surface area contributed by atoms with Crippen molar-refractivity contribution in [1.82, 2.24) is 0 Å². The van der Waals surface area contributed by atoms with Crippen LogP contribution in [0.3, 0.4) is 0 Å². The molecule has 1 aromatic carbocycles. The van der Waals surface area contributed by atoms with Gasteiger partial charge < -0.3 is 15.6 Å². The first-order valence-electron chi connectivity index (χ1n) is 4.07. The van der Waals surface area contributed by atoms with Gasteiger partial charge in [0.15, 0.2) is 11.5 Å². The zero-order chi connectivity index (χ0) is 11.6. The molecule has 1 aromatic rings. The van der Waals surface area contributed by atoms with Gasteiger partial charge in [-0.2, -0.15) is 8.78 Å². The van der Waals surface area contributed by atoms with Crippen molar-refractivity contribution in [2.24, 2.45) is 5.73 Å². The molecule has 0 atom stereocenters.